The van der Waals surface area contributed by atoms with E-state index in [1.807, 2.05) is 0 Å². The van der Waals surface area contributed by atoms with Crippen LogP contribution in [0.2, 0.25) is 0 Å². The molecule has 36 heavy (non-hydrogen) atoms. The molecule has 0 atom stereocenters. The maximum absolute atomic E-state index is 13.7. The van der Waals surface area contributed by atoms with E-state index in [0.29, 0.717) is 22.2 Å². The summed E-state index contributed by atoms with van der Waals surface area (Å²) in [7, 11) is -1.48. The van der Waals surface area contributed by atoms with E-state index in [4.69, 9.17) is 9.47 Å². The Labute approximate surface area is 207 Å². The highest BCUT2D eigenvalue weighted by Crippen LogP contribution is 2.24. The number of nitrogens with zero attached hydrogens (tertiary/aromatic N) is 1. The molecule has 0 amide bonds. The van der Waals surface area contributed by atoms with E-state index in [0.717, 1.165) is 4.31 Å². The van der Waals surface area contributed by atoms with Gasteiger partial charge in [-0.3, -0.25) is 4.79 Å². The molecule has 0 spiro atoms. The van der Waals surface area contributed by atoms with Crippen molar-refractivity contribution < 1.29 is 27.1 Å². The molecule has 1 N–H and O–H groups in total. The number of aromatic amines is 1. The van der Waals surface area contributed by atoms with E-state index in [-0.39, 0.29) is 29.1 Å². The topological polar surface area (TPSA) is 106 Å². The molecule has 0 aliphatic carbocycles. The number of carbonyl (C=O) groups excluding carboxylic acids is 1. The Balaban J connectivity index is 1.79. The van der Waals surface area contributed by atoms with Crippen LogP contribution in [0.15, 0.2) is 82.5 Å². The highest BCUT2D eigenvalue weighted by molar-refractivity contribution is 7.89. The van der Waals surface area contributed by atoms with Crippen LogP contribution in [-0.4, -0.2) is 37.9 Å². The molecule has 1 heterocycles. The van der Waals surface area contributed by atoms with Crippen molar-refractivity contribution in [1.82, 2.24) is 9.29 Å². The number of aromatic nitrogens is 1. The molecule has 186 valence electrons. The number of hydrogen-bond donors (Lipinski definition) is 1. The first-order valence-corrected chi connectivity index (χ1v) is 12.3. The lowest BCUT2D eigenvalue weighted by molar-refractivity contribution is 0.0600. The molecule has 0 aliphatic rings. The zero-order valence-electron chi connectivity index (χ0n) is 19.5. The second-order valence-electron chi connectivity index (χ2n) is 8.00. The number of H-pyrrole nitrogens is 1. The van der Waals surface area contributed by atoms with Gasteiger partial charge in [-0.1, -0.05) is 18.2 Å². The van der Waals surface area contributed by atoms with Crippen molar-refractivity contribution in [1.29, 1.82) is 0 Å². The quantitative estimate of drug-likeness (QED) is 0.361. The van der Waals surface area contributed by atoms with Crippen molar-refractivity contribution in [3.8, 4) is 5.75 Å². The van der Waals surface area contributed by atoms with E-state index in [2.05, 4.69) is 4.98 Å². The molecular formula is C26H23FN2O6S. The second-order valence-corrected chi connectivity index (χ2v) is 9.93. The van der Waals surface area contributed by atoms with E-state index < -0.39 is 27.4 Å². The minimum atomic E-state index is -4.20. The van der Waals surface area contributed by atoms with Gasteiger partial charge in [-0.25, -0.2) is 17.6 Å². The van der Waals surface area contributed by atoms with Gasteiger partial charge in [0.15, 0.2) is 0 Å². The van der Waals surface area contributed by atoms with Gasteiger partial charge in [0, 0.05) is 29.6 Å². The fourth-order valence-corrected chi connectivity index (χ4v) is 5.19. The first-order valence-electron chi connectivity index (χ1n) is 10.8. The van der Waals surface area contributed by atoms with Crippen molar-refractivity contribution >= 4 is 26.9 Å². The summed E-state index contributed by atoms with van der Waals surface area (Å²) in [4.78, 5) is 27.4. The van der Waals surface area contributed by atoms with Gasteiger partial charge < -0.3 is 14.5 Å². The predicted octanol–water partition coefficient (Wildman–Crippen LogP) is 3.85. The molecule has 0 unspecified atom stereocenters. The number of pyridine rings is 1. The van der Waals surface area contributed by atoms with E-state index in [9.17, 15) is 22.4 Å². The molecule has 10 heteroatoms. The number of benzene rings is 3. The van der Waals surface area contributed by atoms with Crippen LogP contribution in [0.1, 0.15) is 21.5 Å². The van der Waals surface area contributed by atoms with E-state index in [1.54, 1.807) is 24.3 Å². The number of fused-ring (bicyclic) bond motifs is 1. The molecule has 0 aliphatic heterocycles. The van der Waals surface area contributed by atoms with Crippen LogP contribution in [0.4, 0.5) is 4.39 Å². The Morgan fingerprint density at radius 1 is 0.972 bits per heavy atom. The first-order chi connectivity index (χ1) is 17.2. The van der Waals surface area contributed by atoms with E-state index in [1.165, 1.54) is 62.8 Å². The zero-order chi connectivity index (χ0) is 25.9. The molecule has 0 saturated heterocycles. The Kier molecular flexibility index (Phi) is 7.18. The van der Waals surface area contributed by atoms with Gasteiger partial charge in [0.1, 0.15) is 11.6 Å². The standard InChI is InChI=1S/C26H23FN2O6S/c1-34-22-10-11-24-19(13-22)12-20(25(30)28-24)16-29(15-17-6-8-21(27)9-7-17)36(32,33)23-5-3-4-18(14-23)26(31)35-2/h3-14H,15-16H2,1-2H3,(H,28,30). The summed E-state index contributed by atoms with van der Waals surface area (Å²) in [5.74, 6) is -0.563. The minimum absolute atomic E-state index is 0.0657. The monoisotopic (exact) mass is 510 g/mol. The molecular weight excluding hydrogens is 487 g/mol. The summed E-state index contributed by atoms with van der Waals surface area (Å²) < 4.78 is 51.9. The molecule has 3 aromatic carbocycles. The largest absolute Gasteiger partial charge is 0.497 e. The molecule has 1 aromatic heterocycles. The van der Waals surface area contributed by atoms with Gasteiger partial charge in [-0.05, 0) is 60.2 Å². The number of carbonyl (C=O) groups is 1. The van der Waals surface area contributed by atoms with Crippen LogP contribution in [-0.2, 0) is 27.8 Å². The number of ether oxygens (including phenoxy) is 2. The van der Waals surface area contributed by atoms with Crippen LogP contribution in [0.3, 0.4) is 0 Å². The normalized spacial score (nSPS) is 11.6. The van der Waals surface area contributed by atoms with Crippen LogP contribution < -0.4 is 10.3 Å². The van der Waals surface area contributed by atoms with Crippen molar-refractivity contribution in [3.05, 3.63) is 106 Å². The third kappa shape index (κ3) is 5.29. The first kappa shape index (κ1) is 25.1. The summed E-state index contributed by atoms with van der Waals surface area (Å²) in [6, 6.07) is 17.6. The van der Waals surface area contributed by atoms with Crippen LogP contribution in [0, 0.1) is 5.82 Å². The van der Waals surface area contributed by atoms with Gasteiger partial charge in [0.2, 0.25) is 10.0 Å². The Morgan fingerprint density at radius 2 is 1.72 bits per heavy atom. The number of nitrogens with one attached hydrogen (secondary N) is 1. The van der Waals surface area contributed by atoms with E-state index >= 15 is 0 Å². The smallest absolute Gasteiger partial charge is 0.337 e. The van der Waals surface area contributed by atoms with Crippen LogP contribution in [0.25, 0.3) is 10.9 Å². The number of methoxy groups -OCH3 is 2. The molecule has 8 nitrogen and oxygen atoms in total. The molecule has 0 saturated carbocycles. The lowest BCUT2D eigenvalue weighted by Crippen LogP contribution is -2.32. The Morgan fingerprint density at radius 3 is 2.42 bits per heavy atom. The highest BCUT2D eigenvalue weighted by Gasteiger charge is 2.27. The average Bonchev–Trinajstić information content (AvgIpc) is 2.89. The maximum Gasteiger partial charge on any atom is 0.337 e. The van der Waals surface area contributed by atoms with Gasteiger partial charge in [0.25, 0.3) is 5.56 Å². The zero-order valence-corrected chi connectivity index (χ0v) is 20.3. The molecule has 0 fully saturated rings. The third-order valence-electron chi connectivity index (χ3n) is 5.64. The molecule has 4 rings (SSSR count). The fraction of sp³-hybridized carbons (Fsp3) is 0.154. The number of esters is 1. The number of halogens is 1. The summed E-state index contributed by atoms with van der Waals surface area (Å²) in [6.45, 7) is -0.411. The van der Waals surface area contributed by atoms with Crippen LogP contribution >= 0.6 is 0 Å². The third-order valence-corrected chi connectivity index (χ3v) is 7.43. The summed E-state index contributed by atoms with van der Waals surface area (Å²) in [5.41, 5.74) is 0.906. The van der Waals surface area contributed by atoms with Crippen molar-refractivity contribution in [2.24, 2.45) is 0 Å². The lowest BCUT2D eigenvalue weighted by atomic mass is 10.1. The van der Waals surface area contributed by atoms with Gasteiger partial charge in [-0.2, -0.15) is 4.31 Å². The van der Waals surface area contributed by atoms with Crippen molar-refractivity contribution in [2.45, 2.75) is 18.0 Å². The van der Waals surface area contributed by atoms with Crippen molar-refractivity contribution in [3.63, 3.8) is 0 Å². The average molecular weight is 511 g/mol. The van der Waals surface area contributed by atoms with Crippen LogP contribution in [0.5, 0.6) is 5.75 Å². The summed E-state index contributed by atoms with van der Waals surface area (Å²) in [6.07, 6.45) is 0. The predicted molar refractivity (Wildman–Crippen MR) is 132 cm³/mol. The highest BCUT2D eigenvalue weighted by atomic mass is 32.2. The second kappa shape index (κ2) is 10.3. The van der Waals surface area contributed by atoms with Gasteiger partial charge in [-0.15, -0.1) is 0 Å². The van der Waals surface area contributed by atoms with Crippen molar-refractivity contribution in [2.75, 3.05) is 14.2 Å². The molecule has 0 radical (unpaired) electrons. The van der Waals surface area contributed by atoms with Gasteiger partial charge in [0.05, 0.1) is 24.7 Å². The SMILES string of the molecule is COC(=O)c1cccc(S(=O)(=O)N(Cc2ccc(F)cc2)Cc2cc3cc(OC)ccc3[nH]c2=O)c1. The molecule has 0 bridgehead atoms. The minimum Gasteiger partial charge on any atom is -0.497 e. The van der Waals surface area contributed by atoms with Gasteiger partial charge >= 0.3 is 5.97 Å². The lowest BCUT2D eigenvalue weighted by Gasteiger charge is -2.23. The summed E-state index contributed by atoms with van der Waals surface area (Å²) in [5, 5.41) is 0.663. The number of sulfonamides is 1. The Bertz CT molecular complexity index is 1580. The Hall–Kier alpha value is -4.02. The number of hydrogen-bond acceptors (Lipinski definition) is 6. The maximum atomic E-state index is 13.7. The molecule has 4 aromatic rings. The number of rotatable bonds is 8. The fourth-order valence-electron chi connectivity index (χ4n) is 3.73. The summed E-state index contributed by atoms with van der Waals surface area (Å²) >= 11 is 0.